The number of piperidine rings is 1. The third kappa shape index (κ3) is 2.95. The second-order valence-corrected chi connectivity index (χ2v) is 7.59. The van der Waals surface area contributed by atoms with Crippen molar-refractivity contribution in [3.05, 3.63) is 36.0 Å². The lowest BCUT2D eigenvalue weighted by Gasteiger charge is -2.36. The van der Waals surface area contributed by atoms with Crippen LogP contribution in [-0.2, 0) is 5.41 Å². The van der Waals surface area contributed by atoms with Crippen LogP contribution in [0.1, 0.15) is 25.8 Å². The molecule has 1 aromatic heterocycles. The van der Waals surface area contributed by atoms with Crippen LogP contribution in [0, 0.1) is 5.92 Å². The molecule has 4 atom stereocenters. The topological polar surface area (TPSA) is 36.4 Å². The number of hydrogen-bond donors (Lipinski definition) is 1. The summed E-state index contributed by atoms with van der Waals surface area (Å²) < 4.78 is 14.4. The number of hydrogen-bond acceptors (Lipinski definition) is 3. The number of aromatic nitrogens is 1. The van der Waals surface area contributed by atoms with Crippen molar-refractivity contribution >= 4 is 25.8 Å². The molecule has 0 spiro atoms. The summed E-state index contributed by atoms with van der Waals surface area (Å²) in [7, 11) is 2.24. The second kappa shape index (κ2) is 5.75. The maximum Gasteiger partial charge on any atom is 0.147 e. The number of aliphatic hydroxyl groups excluding tert-OH is 1. The number of halogens is 1. The van der Waals surface area contributed by atoms with E-state index in [2.05, 4.69) is 26.0 Å². The SMILES string of the molecule is CC1CC(O)CN(c2ccc(C(C)(F)P)c3ncccc23)C1. The van der Waals surface area contributed by atoms with Crippen molar-refractivity contribution < 1.29 is 9.50 Å². The largest absolute Gasteiger partial charge is 0.391 e. The Morgan fingerprint density at radius 3 is 2.82 bits per heavy atom. The molecule has 2 aromatic rings. The van der Waals surface area contributed by atoms with E-state index < -0.39 is 5.41 Å². The summed E-state index contributed by atoms with van der Waals surface area (Å²) in [4.78, 5) is 6.58. The van der Waals surface area contributed by atoms with Crippen molar-refractivity contribution in [2.45, 2.75) is 31.8 Å². The number of β-amino-alcohol motifs (C(OH)–C–C–N with tert-alkyl or cyclic N) is 1. The number of rotatable bonds is 2. The molecule has 4 unspecified atom stereocenters. The highest BCUT2D eigenvalue weighted by atomic mass is 31.0. The highest BCUT2D eigenvalue weighted by Gasteiger charge is 2.27. The Labute approximate surface area is 132 Å². The highest BCUT2D eigenvalue weighted by molar-refractivity contribution is 7.18. The van der Waals surface area contributed by atoms with Crippen LogP contribution in [0.3, 0.4) is 0 Å². The lowest BCUT2D eigenvalue weighted by Crippen LogP contribution is -2.42. The van der Waals surface area contributed by atoms with Crippen LogP contribution in [0.25, 0.3) is 10.9 Å². The van der Waals surface area contributed by atoms with Crippen LogP contribution < -0.4 is 4.90 Å². The fourth-order valence-electron chi connectivity index (χ4n) is 3.34. The van der Waals surface area contributed by atoms with Crippen LogP contribution in [0.5, 0.6) is 0 Å². The minimum atomic E-state index is -1.51. The predicted molar refractivity (Wildman–Crippen MR) is 91.9 cm³/mol. The van der Waals surface area contributed by atoms with Crippen LogP contribution in [0.15, 0.2) is 30.5 Å². The van der Waals surface area contributed by atoms with E-state index >= 15 is 0 Å². The van der Waals surface area contributed by atoms with E-state index in [1.54, 1.807) is 6.20 Å². The molecular weight excluding hydrogens is 298 g/mol. The Kier molecular flexibility index (Phi) is 4.09. The number of benzene rings is 1. The van der Waals surface area contributed by atoms with Crippen molar-refractivity contribution in [2.75, 3.05) is 18.0 Å². The van der Waals surface area contributed by atoms with Gasteiger partial charge < -0.3 is 10.0 Å². The average Bonchev–Trinajstić information content (AvgIpc) is 2.44. The van der Waals surface area contributed by atoms with Gasteiger partial charge in [-0.2, -0.15) is 0 Å². The Balaban J connectivity index is 2.12. The molecule has 22 heavy (non-hydrogen) atoms. The third-order valence-corrected chi connectivity index (χ3v) is 4.56. The van der Waals surface area contributed by atoms with E-state index in [1.165, 1.54) is 6.92 Å². The number of nitrogens with zero attached hydrogens (tertiary/aromatic N) is 2. The van der Waals surface area contributed by atoms with Gasteiger partial charge in [-0.15, -0.1) is 0 Å². The molecule has 1 N–H and O–H groups in total. The molecule has 1 fully saturated rings. The number of alkyl halides is 1. The summed E-state index contributed by atoms with van der Waals surface area (Å²) in [5, 5.41) is 9.47. The number of pyridine rings is 1. The second-order valence-electron chi connectivity index (χ2n) is 6.51. The quantitative estimate of drug-likeness (QED) is 0.861. The van der Waals surface area contributed by atoms with Gasteiger partial charge in [-0.3, -0.25) is 4.98 Å². The van der Waals surface area contributed by atoms with Crippen molar-refractivity contribution in [3.63, 3.8) is 0 Å². The molecule has 0 bridgehead atoms. The summed E-state index contributed by atoms with van der Waals surface area (Å²) in [5.41, 5.74) is 2.28. The molecule has 0 saturated carbocycles. The first kappa shape index (κ1) is 15.6. The number of aliphatic hydroxyl groups is 1. The lowest BCUT2D eigenvalue weighted by molar-refractivity contribution is 0.132. The zero-order valence-corrected chi connectivity index (χ0v) is 14.1. The zero-order valence-electron chi connectivity index (χ0n) is 13.0. The Bertz CT molecular complexity index is 676. The molecule has 118 valence electrons. The van der Waals surface area contributed by atoms with E-state index in [0.29, 0.717) is 23.5 Å². The van der Waals surface area contributed by atoms with Crippen LogP contribution in [0.2, 0.25) is 0 Å². The molecule has 5 heteroatoms. The maximum absolute atomic E-state index is 14.4. The molecule has 0 aliphatic carbocycles. The zero-order chi connectivity index (χ0) is 15.9. The summed E-state index contributed by atoms with van der Waals surface area (Å²) in [6.45, 7) is 5.18. The lowest BCUT2D eigenvalue weighted by atomic mass is 9.96. The standard InChI is InChI=1S/C17H22FN2OP/c1-11-8-12(21)10-20(9-11)15-6-5-14(17(2,18)22)16-13(15)4-3-7-19-16/h3-7,11-12,21H,8-10,22H2,1-2H3. The fourth-order valence-corrected chi connectivity index (χ4v) is 3.58. The average molecular weight is 320 g/mol. The first-order chi connectivity index (χ1) is 10.4. The smallest absolute Gasteiger partial charge is 0.147 e. The van der Waals surface area contributed by atoms with E-state index in [4.69, 9.17) is 0 Å². The van der Waals surface area contributed by atoms with E-state index in [9.17, 15) is 9.50 Å². The van der Waals surface area contributed by atoms with Gasteiger partial charge in [0.15, 0.2) is 0 Å². The minimum absolute atomic E-state index is 0.316. The molecule has 0 radical (unpaired) electrons. The molecule has 1 aromatic carbocycles. The van der Waals surface area contributed by atoms with Gasteiger partial charge in [0.2, 0.25) is 0 Å². The monoisotopic (exact) mass is 320 g/mol. The molecule has 3 nitrogen and oxygen atoms in total. The molecule has 3 rings (SSSR count). The van der Waals surface area contributed by atoms with E-state index in [1.807, 2.05) is 24.3 Å². The molecule has 1 aliphatic rings. The third-order valence-electron chi connectivity index (χ3n) is 4.25. The minimum Gasteiger partial charge on any atom is -0.391 e. The van der Waals surface area contributed by atoms with E-state index in [0.717, 1.165) is 24.0 Å². The summed E-state index contributed by atoms with van der Waals surface area (Å²) in [6, 6.07) is 7.61. The fraction of sp³-hybridized carbons (Fsp3) is 0.471. The van der Waals surface area contributed by atoms with Gasteiger partial charge in [-0.1, -0.05) is 22.2 Å². The molecule has 1 aliphatic heterocycles. The first-order valence-corrected chi connectivity index (χ1v) is 8.23. The Morgan fingerprint density at radius 2 is 2.14 bits per heavy atom. The highest BCUT2D eigenvalue weighted by Crippen LogP contribution is 2.39. The van der Waals surface area contributed by atoms with Crippen molar-refractivity contribution in [1.29, 1.82) is 0 Å². The van der Waals surface area contributed by atoms with Crippen LogP contribution >= 0.6 is 9.24 Å². The summed E-state index contributed by atoms with van der Waals surface area (Å²) >= 11 is 0. The van der Waals surface area contributed by atoms with Gasteiger partial charge in [0, 0.05) is 35.9 Å². The Morgan fingerprint density at radius 1 is 1.36 bits per heavy atom. The molecular formula is C17H22FN2OP. The van der Waals surface area contributed by atoms with Gasteiger partial charge in [0.05, 0.1) is 11.6 Å². The van der Waals surface area contributed by atoms with Crippen LogP contribution in [-0.4, -0.2) is 29.3 Å². The summed E-state index contributed by atoms with van der Waals surface area (Å²) in [5.74, 6) is 0.434. The van der Waals surface area contributed by atoms with Crippen molar-refractivity contribution in [2.24, 2.45) is 5.92 Å². The van der Waals surface area contributed by atoms with Gasteiger partial charge in [0.1, 0.15) is 5.41 Å². The van der Waals surface area contributed by atoms with E-state index in [-0.39, 0.29) is 6.10 Å². The Hall–Kier alpha value is -1.25. The van der Waals surface area contributed by atoms with Gasteiger partial charge in [-0.05, 0) is 37.5 Å². The normalized spacial score (nSPS) is 25.2. The molecule has 1 saturated heterocycles. The van der Waals surface area contributed by atoms with Gasteiger partial charge in [0.25, 0.3) is 0 Å². The maximum atomic E-state index is 14.4. The van der Waals surface area contributed by atoms with Crippen molar-refractivity contribution in [1.82, 2.24) is 4.98 Å². The summed E-state index contributed by atoms with van der Waals surface area (Å²) in [6.07, 6.45) is 2.21. The number of anilines is 1. The van der Waals surface area contributed by atoms with Crippen LogP contribution in [0.4, 0.5) is 10.1 Å². The predicted octanol–water partition coefficient (Wildman–Crippen LogP) is 3.46. The van der Waals surface area contributed by atoms with Crippen molar-refractivity contribution in [3.8, 4) is 0 Å². The first-order valence-electron chi connectivity index (χ1n) is 7.65. The van der Waals surface area contributed by atoms with Gasteiger partial charge in [-0.25, -0.2) is 4.39 Å². The number of fused-ring (bicyclic) bond motifs is 1. The molecule has 2 heterocycles. The van der Waals surface area contributed by atoms with Gasteiger partial charge >= 0.3 is 0 Å². The molecule has 0 amide bonds.